The van der Waals surface area contributed by atoms with E-state index < -0.39 is 4.92 Å². The molecule has 106 valence electrons. The van der Waals surface area contributed by atoms with Crippen LogP contribution in [0, 0.1) is 10.1 Å². The largest absolute Gasteiger partial charge is 0.398 e. The number of para-hydroxylation sites is 2. The number of aryl methyl sites for hydroxylation is 1. The minimum absolute atomic E-state index is 0.0181. The molecular weight excluding hydrogens is 268 g/mol. The lowest BCUT2D eigenvalue weighted by Gasteiger charge is -2.08. The van der Waals surface area contributed by atoms with E-state index in [0.29, 0.717) is 11.3 Å². The first-order chi connectivity index (χ1) is 10.1. The first-order valence-electron chi connectivity index (χ1n) is 6.61. The maximum Gasteiger partial charge on any atom is 0.271 e. The Hall–Kier alpha value is -2.89. The summed E-state index contributed by atoms with van der Waals surface area (Å²) in [7, 11) is 0. The second kappa shape index (κ2) is 4.90. The van der Waals surface area contributed by atoms with Crippen LogP contribution in [0.15, 0.2) is 42.5 Å². The Morgan fingerprint density at radius 2 is 2.05 bits per heavy atom. The van der Waals surface area contributed by atoms with Gasteiger partial charge in [-0.2, -0.15) is 0 Å². The van der Waals surface area contributed by atoms with Gasteiger partial charge in [-0.3, -0.25) is 10.1 Å². The van der Waals surface area contributed by atoms with Crippen molar-refractivity contribution in [3.63, 3.8) is 0 Å². The van der Waals surface area contributed by atoms with Gasteiger partial charge in [0, 0.05) is 29.9 Å². The zero-order valence-electron chi connectivity index (χ0n) is 11.5. The zero-order chi connectivity index (χ0) is 15.0. The second-order valence-electron chi connectivity index (χ2n) is 4.70. The summed E-state index contributed by atoms with van der Waals surface area (Å²) in [6, 6.07) is 12.3. The molecule has 1 aromatic heterocycles. The lowest BCUT2D eigenvalue weighted by molar-refractivity contribution is -0.384. The number of rotatable bonds is 3. The highest BCUT2D eigenvalue weighted by Gasteiger charge is 2.16. The number of benzene rings is 2. The molecule has 0 radical (unpaired) electrons. The van der Waals surface area contributed by atoms with E-state index in [1.807, 2.05) is 35.8 Å². The van der Waals surface area contributed by atoms with Crippen LogP contribution in [0.5, 0.6) is 0 Å². The standard InChI is InChI=1S/C15H14N4O2/c1-2-18-14-6-4-3-5-13(14)17-15(18)11-8-7-10(19(20)21)9-12(11)16/h3-9H,2,16H2,1H3. The molecule has 3 rings (SSSR count). The number of nitro benzene ring substituents is 1. The zero-order valence-corrected chi connectivity index (χ0v) is 11.5. The van der Waals surface area contributed by atoms with Crippen molar-refractivity contribution in [3.05, 3.63) is 52.6 Å². The minimum Gasteiger partial charge on any atom is -0.398 e. The quantitative estimate of drug-likeness (QED) is 0.454. The molecule has 0 unspecified atom stereocenters. The van der Waals surface area contributed by atoms with Crippen LogP contribution in [0.3, 0.4) is 0 Å². The van der Waals surface area contributed by atoms with Crippen LogP contribution in [-0.2, 0) is 6.54 Å². The summed E-state index contributed by atoms with van der Waals surface area (Å²) in [5, 5.41) is 10.8. The summed E-state index contributed by atoms with van der Waals surface area (Å²) in [6.45, 7) is 2.77. The fraction of sp³-hybridized carbons (Fsp3) is 0.133. The summed E-state index contributed by atoms with van der Waals surface area (Å²) in [5.74, 6) is 0.728. The van der Waals surface area contributed by atoms with E-state index in [-0.39, 0.29) is 5.69 Å². The van der Waals surface area contributed by atoms with Gasteiger partial charge in [0.25, 0.3) is 5.69 Å². The monoisotopic (exact) mass is 282 g/mol. The molecule has 0 aliphatic carbocycles. The van der Waals surface area contributed by atoms with Gasteiger partial charge in [-0.05, 0) is 25.1 Å². The smallest absolute Gasteiger partial charge is 0.271 e. The van der Waals surface area contributed by atoms with E-state index in [1.165, 1.54) is 12.1 Å². The maximum absolute atomic E-state index is 10.8. The number of nitrogen functional groups attached to an aromatic ring is 1. The molecule has 0 saturated carbocycles. The molecule has 6 heteroatoms. The molecule has 0 saturated heterocycles. The number of non-ortho nitro benzene ring substituents is 1. The molecule has 0 aliphatic heterocycles. The Morgan fingerprint density at radius 3 is 2.71 bits per heavy atom. The first-order valence-corrected chi connectivity index (χ1v) is 6.61. The third-order valence-corrected chi connectivity index (χ3v) is 3.46. The van der Waals surface area contributed by atoms with Gasteiger partial charge in [-0.25, -0.2) is 4.98 Å². The molecule has 0 fully saturated rings. The molecule has 2 N–H and O–H groups in total. The van der Waals surface area contributed by atoms with Crippen LogP contribution in [0.1, 0.15) is 6.92 Å². The molecule has 0 spiro atoms. The van der Waals surface area contributed by atoms with E-state index in [9.17, 15) is 10.1 Å². The van der Waals surface area contributed by atoms with Gasteiger partial charge in [-0.15, -0.1) is 0 Å². The van der Waals surface area contributed by atoms with Gasteiger partial charge >= 0.3 is 0 Å². The van der Waals surface area contributed by atoms with Gasteiger partial charge in [0.2, 0.25) is 0 Å². The number of aromatic nitrogens is 2. The normalized spacial score (nSPS) is 10.9. The van der Waals surface area contributed by atoms with E-state index in [1.54, 1.807) is 6.07 Å². The van der Waals surface area contributed by atoms with Gasteiger partial charge in [-0.1, -0.05) is 12.1 Å². The molecule has 21 heavy (non-hydrogen) atoms. The molecule has 3 aromatic rings. The number of nitrogens with zero attached hydrogens (tertiary/aromatic N) is 3. The molecule has 2 aromatic carbocycles. The second-order valence-corrected chi connectivity index (χ2v) is 4.70. The van der Waals surface area contributed by atoms with Crippen molar-refractivity contribution in [1.82, 2.24) is 9.55 Å². The highest BCUT2D eigenvalue weighted by Crippen LogP contribution is 2.31. The number of hydrogen-bond donors (Lipinski definition) is 1. The molecule has 6 nitrogen and oxygen atoms in total. The van der Waals surface area contributed by atoms with E-state index in [0.717, 1.165) is 23.4 Å². The lowest BCUT2D eigenvalue weighted by atomic mass is 10.1. The Morgan fingerprint density at radius 1 is 1.29 bits per heavy atom. The van der Waals surface area contributed by atoms with Crippen molar-refractivity contribution in [3.8, 4) is 11.4 Å². The number of anilines is 1. The van der Waals surface area contributed by atoms with Crippen molar-refractivity contribution in [2.45, 2.75) is 13.5 Å². The Kier molecular flexibility index (Phi) is 3.06. The summed E-state index contributed by atoms with van der Waals surface area (Å²) in [4.78, 5) is 14.9. The van der Waals surface area contributed by atoms with Crippen LogP contribution in [0.2, 0.25) is 0 Å². The topological polar surface area (TPSA) is 87.0 Å². The van der Waals surface area contributed by atoms with Crippen LogP contribution >= 0.6 is 0 Å². The van der Waals surface area contributed by atoms with E-state index in [2.05, 4.69) is 4.98 Å². The van der Waals surface area contributed by atoms with Crippen molar-refractivity contribution in [1.29, 1.82) is 0 Å². The third-order valence-electron chi connectivity index (χ3n) is 3.46. The maximum atomic E-state index is 10.8. The number of hydrogen-bond acceptors (Lipinski definition) is 4. The number of fused-ring (bicyclic) bond motifs is 1. The Labute approximate surface area is 121 Å². The summed E-state index contributed by atoms with van der Waals surface area (Å²) in [5.41, 5.74) is 8.93. The van der Waals surface area contributed by atoms with Gasteiger partial charge in [0.15, 0.2) is 0 Å². The molecular formula is C15H14N4O2. The van der Waals surface area contributed by atoms with Crippen molar-refractivity contribution < 1.29 is 4.92 Å². The molecule has 0 aliphatic rings. The highest BCUT2D eigenvalue weighted by atomic mass is 16.6. The predicted molar refractivity (Wildman–Crippen MR) is 81.9 cm³/mol. The van der Waals surface area contributed by atoms with E-state index >= 15 is 0 Å². The van der Waals surface area contributed by atoms with Crippen molar-refractivity contribution in [2.24, 2.45) is 0 Å². The SMILES string of the molecule is CCn1c(-c2ccc([N+](=O)[O-])cc2N)nc2ccccc21. The molecule has 0 atom stereocenters. The lowest BCUT2D eigenvalue weighted by Crippen LogP contribution is -2.01. The Balaban J connectivity index is 2.23. The average molecular weight is 282 g/mol. The van der Waals surface area contributed by atoms with E-state index in [4.69, 9.17) is 5.73 Å². The first kappa shape index (κ1) is 13.1. The fourth-order valence-corrected chi connectivity index (χ4v) is 2.47. The number of nitro groups is 1. The minimum atomic E-state index is -0.455. The fourth-order valence-electron chi connectivity index (χ4n) is 2.47. The molecule has 1 heterocycles. The highest BCUT2D eigenvalue weighted by molar-refractivity contribution is 5.84. The molecule has 0 amide bonds. The van der Waals surface area contributed by atoms with Crippen LogP contribution < -0.4 is 5.73 Å². The Bertz CT molecular complexity index is 839. The molecule has 0 bridgehead atoms. The summed E-state index contributed by atoms with van der Waals surface area (Å²) in [6.07, 6.45) is 0. The van der Waals surface area contributed by atoms with Crippen molar-refractivity contribution in [2.75, 3.05) is 5.73 Å². The average Bonchev–Trinajstić information content (AvgIpc) is 2.85. The predicted octanol–water partition coefficient (Wildman–Crippen LogP) is 3.21. The van der Waals surface area contributed by atoms with Crippen LogP contribution in [0.25, 0.3) is 22.4 Å². The van der Waals surface area contributed by atoms with Crippen molar-refractivity contribution >= 4 is 22.4 Å². The third kappa shape index (κ3) is 2.10. The number of imidazole rings is 1. The van der Waals surface area contributed by atoms with Gasteiger partial charge < -0.3 is 10.3 Å². The van der Waals surface area contributed by atoms with Crippen LogP contribution in [-0.4, -0.2) is 14.5 Å². The van der Waals surface area contributed by atoms with Gasteiger partial charge in [0.1, 0.15) is 5.82 Å². The van der Waals surface area contributed by atoms with Crippen LogP contribution in [0.4, 0.5) is 11.4 Å². The number of nitrogens with two attached hydrogens (primary N) is 1. The summed E-state index contributed by atoms with van der Waals surface area (Å²) < 4.78 is 2.05. The summed E-state index contributed by atoms with van der Waals surface area (Å²) >= 11 is 0. The van der Waals surface area contributed by atoms with Gasteiger partial charge in [0.05, 0.1) is 16.0 Å².